The molecule has 0 unspecified atom stereocenters. The number of aromatic nitrogens is 3. The average Bonchev–Trinajstić information content (AvgIpc) is 2.80. The Morgan fingerprint density at radius 3 is 2.88 bits per heavy atom. The molecule has 0 amide bonds. The maximum absolute atomic E-state index is 11.5. The number of nitrogens with one attached hydrogen (secondary N) is 1. The number of aryl methyl sites for hydroxylation is 2. The van der Waals surface area contributed by atoms with Gasteiger partial charge in [-0.15, -0.1) is 0 Å². The lowest BCUT2D eigenvalue weighted by Crippen LogP contribution is -2.25. The van der Waals surface area contributed by atoms with Gasteiger partial charge in [-0.2, -0.15) is 5.10 Å². The largest absolute Gasteiger partial charge is 0.476 e. The van der Waals surface area contributed by atoms with E-state index in [9.17, 15) is 9.59 Å². The van der Waals surface area contributed by atoms with E-state index < -0.39 is 5.97 Å². The van der Waals surface area contributed by atoms with Gasteiger partial charge < -0.3 is 10.1 Å². The van der Waals surface area contributed by atoms with Gasteiger partial charge in [0.15, 0.2) is 5.69 Å². The zero-order valence-corrected chi connectivity index (χ0v) is 8.96. The maximum Gasteiger partial charge on any atom is 0.356 e. The third-order valence-electron chi connectivity index (χ3n) is 2.34. The molecule has 2 N–H and O–H groups in total. The quantitative estimate of drug-likeness (QED) is 0.805. The first-order valence-corrected chi connectivity index (χ1v) is 5.10. The monoisotopic (exact) mass is 233 g/mol. The highest BCUT2D eigenvalue weighted by atomic mass is 16.4. The zero-order chi connectivity index (χ0) is 12.3. The number of aromatic carboxylic acids is 1. The lowest BCUT2D eigenvalue weighted by atomic mass is 10.3. The summed E-state index contributed by atoms with van der Waals surface area (Å²) in [4.78, 5) is 25.2. The molecule has 0 aromatic carbocycles. The molecule has 0 saturated heterocycles. The molecule has 0 saturated carbocycles. The molecule has 0 atom stereocenters. The molecule has 17 heavy (non-hydrogen) atoms. The van der Waals surface area contributed by atoms with Crippen LogP contribution in [0.25, 0.3) is 0 Å². The number of carboxylic acids is 1. The Morgan fingerprint density at radius 2 is 2.24 bits per heavy atom. The van der Waals surface area contributed by atoms with Crippen LogP contribution in [0.2, 0.25) is 0 Å². The molecule has 2 heterocycles. The summed E-state index contributed by atoms with van der Waals surface area (Å²) in [7, 11) is 0. The van der Waals surface area contributed by atoms with E-state index in [1.165, 1.54) is 12.1 Å². The van der Waals surface area contributed by atoms with Crippen LogP contribution in [-0.2, 0) is 13.0 Å². The first-order chi connectivity index (χ1) is 8.16. The van der Waals surface area contributed by atoms with E-state index in [0.717, 1.165) is 10.4 Å². The Labute approximate surface area is 96.5 Å². The van der Waals surface area contributed by atoms with Gasteiger partial charge in [0, 0.05) is 24.4 Å². The summed E-state index contributed by atoms with van der Waals surface area (Å²) in [6, 6.07) is 6.17. The van der Waals surface area contributed by atoms with Gasteiger partial charge in [-0.1, -0.05) is 0 Å². The van der Waals surface area contributed by atoms with E-state index in [4.69, 9.17) is 5.11 Å². The molecule has 0 fully saturated rings. The van der Waals surface area contributed by atoms with Crippen LogP contribution >= 0.6 is 0 Å². The van der Waals surface area contributed by atoms with Crippen molar-refractivity contribution in [2.24, 2.45) is 0 Å². The molecule has 0 radical (unpaired) electrons. The summed E-state index contributed by atoms with van der Waals surface area (Å²) < 4.78 is 1.16. The number of aromatic amines is 1. The van der Waals surface area contributed by atoms with Gasteiger partial charge >= 0.3 is 5.97 Å². The first kappa shape index (κ1) is 11.1. The lowest BCUT2D eigenvalue weighted by Gasteiger charge is -2.03. The van der Waals surface area contributed by atoms with Gasteiger partial charge in [0.1, 0.15) is 0 Å². The van der Waals surface area contributed by atoms with Crippen molar-refractivity contribution in [2.75, 3.05) is 0 Å². The molecule has 6 heteroatoms. The molecule has 2 aromatic rings. The minimum absolute atomic E-state index is 0.129. The zero-order valence-electron chi connectivity index (χ0n) is 8.96. The van der Waals surface area contributed by atoms with Crippen LogP contribution in [0.3, 0.4) is 0 Å². The SMILES string of the molecule is O=C(O)c1ccc(=O)n(CCc2ccc[nH]2)n1. The minimum atomic E-state index is -1.14. The predicted molar refractivity (Wildman–Crippen MR) is 60.0 cm³/mol. The van der Waals surface area contributed by atoms with E-state index >= 15 is 0 Å². The van der Waals surface area contributed by atoms with Crippen molar-refractivity contribution < 1.29 is 9.90 Å². The smallest absolute Gasteiger partial charge is 0.356 e. The fourth-order valence-corrected chi connectivity index (χ4v) is 1.47. The van der Waals surface area contributed by atoms with Crippen molar-refractivity contribution in [3.8, 4) is 0 Å². The molecule has 88 valence electrons. The Hall–Kier alpha value is -2.37. The number of nitrogens with zero attached hydrogens (tertiary/aromatic N) is 2. The average molecular weight is 233 g/mol. The third kappa shape index (κ3) is 2.60. The second-order valence-corrected chi connectivity index (χ2v) is 3.53. The lowest BCUT2D eigenvalue weighted by molar-refractivity contribution is 0.0687. The molecular weight excluding hydrogens is 222 g/mol. The van der Waals surface area contributed by atoms with Crippen molar-refractivity contribution in [3.05, 3.63) is 52.2 Å². The topological polar surface area (TPSA) is 88.0 Å². The summed E-state index contributed by atoms with van der Waals surface area (Å²) >= 11 is 0. The summed E-state index contributed by atoms with van der Waals surface area (Å²) in [5.74, 6) is -1.14. The predicted octanol–water partition coefficient (Wildman–Crippen LogP) is 0.512. The minimum Gasteiger partial charge on any atom is -0.476 e. The van der Waals surface area contributed by atoms with Crippen molar-refractivity contribution >= 4 is 5.97 Å². The number of rotatable bonds is 4. The van der Waals surface area contributed by atoms with Crippen molar-refractivity contribution in [3.63, 3.8) is 0 Å². The fraction of sp³-hybridized carbons (Fsp3) is 0.182. The number of hydrogen-bond donors (Lipinski definition) is 2. The number of carboxylic acid groups (broad SMARTS) is 1. The molecule has 0 spiro atoms. The van der Waals surface area contributed by atoms with Crippen LogP contribution in [0.15, 0.2) is 35.3 Å². The van der Waals surface area contributed by atoms with Crippen molar-refractivity contribution in [1.82, 2.24) is 14.8 Å². The van der Waals surface area contributed by atoms with E-state index in [-0.39, 0.29) is 11.3 Å². The Balaban J connectivity index is 2.17. The second kappa shape index (κ2) is 4.65. The summed E-state index contributed by atoms with van der Waals surface area (Å²) in [5, 5.41) is 12.5. The van der Waals surface area contributed by atoms with Crippen LogP contribution in [0.4, 0.5) is 0 Å². The first-order valence-electron chi connectivity index (χ1n) is 5.10. The van der Waals surface area contributed by atoms with Crippen LogP contribution in [-0.4, -0.2) is 25.8 Å². The number of hydrogen-bond acceptors (Lipinski definition) is 3. The van der Waals surface area contributed by atoms with E-state index in [0.29, 0.717) is 13.0 Å². The standard InChI is InChI=1S/C11H11N3O3/c15-10-4-3-9(11(16)17)13-14(10)7-5-8-2-1-6-12-8/h1-4,6,12H,5,7H2,(H,16,17). The molecule has 2 rings (SSSR count). The molecule has 0 bridgehead atoms. The van der Waals surface area contributed by atoms with Crippen LogP contribution in [0.5, 0.6) is 0 Å². The Morgan fingerprint density at radius 1 is 1.41 bits per heavy atom. The molecule has 0 aliphatic heterocycles. The molecule has 0 aliphatic rings. The van der Waals surface area contributed by atoms with Crippen molar-refractivity contribution in [1.29, 1.82) is 0 Å². The van der Waals surface area contributed by atoms with Gasteiger partial charge in [0.2, 0.25) is 0 Å². The second-order valence-electron chi connectivity index (χ2n) is 3.53. The highest BCUT2D eigenvalue weighted by molar-refractivity contribution is 5.84. The summed E-state index contributed by atoms with van der Waals surface area (Å²) in [6.45, 7) is 0.348. The highest BCUT2D eigenvalue weighted by Crippen LogP contribution is 1.97. The third-order valence-corrected chi connectivity index (χ3v) is 2.34. The van der Waals surface area contributed by atoms with Gasteiger partial charge in [-0.05, 0) is 18.2 Å². The fourth-order valence-electron chi connectivity index (χ4n) is 1.47. The maximum atomic E-state index is 11.5. The Kier molecular flexibility index (Phi) is 3.04. The van der Waals surface area contributed by atoms with Gasteiger partial charge in [-0.3, -0.25) is 4.79 Å². The molecule has 0 aliphatic carbocycles. The van der Waals surface area contributed by atoms with E-state index in [1.54, 1.807) is 6.20 Å². The number of carbonyl (C=O) groups is 1. The van der Waals surface area contributed by atoms with Gasteiger partial charge in [-0.25, -0.2) is 9.48 Å². The van der Waals surface area contributed by atoms with Gasteiger partial charge in [0.05, 0.1) is 6.54 Å². The molecule has 2 aromatic heterocycles. The van der Waals surface area contributed by atoms with Crippen molar-refractivity contribution in [2.45, 2.75) is 13.0 Å². The van der Waals surface area contributed by atoms with Crippen LogP contribution in [0, 0.1) is 0 Å². The Bertz CT molecular complexity index is 572. The summed E-state index contributed by atoms with van der Waals surface area (Å²) in [5.41, 5.74) is 0.539. The van der Waals surface area contributed by atoms with Crippen LogP contribution in [0.1, 0.15) is 16.2 Å². The van der Waals surface area contributed by atoms with E-state index in [2.05, 4.69) is 10.1 Å². The highest BCUT2D eigenvalue weighted by Gasteiger charge is 2.07. The van der Waals surface area contributed by atoms with Gasteiger partial charge in [0.25, 0.3) is 5.56 Å². The van der Waals surface area contributed by atoms with E-state index in [1.807, 2.05) is 12.1 Å². The molecule has 6 nitrogen and oxygen atoms in total. The van der Waals surface area contributed by atoms with Crippen LogP contribution < -0.4 is 5.56 Å². The molecular formula is C11H11N3O3. The normalized spacial score (nSPS) is 10.4. The number of H-pyrrole nitrogens is 1. The summed E-state index contributed by atoms with van der Waals surface area (Å²) in [6.07, 6.45) is 2.39.